The number of aromatic nitrogens is 3. The Morgan fingerprint density at radius 1 is 1.15 bits per heavy atom. The lowest BCUT2D eigenvalue weighted by atomic mass is 10.0. The molecule has 0 radical (unpaired) electrons. The molecule has 0 bridgehead atoms. The summed E-state index contributed by atoms with van der Waals surface area (Å²) in [5, 5.41) is 2.30. The van der Waals surface area contributed by atoms with Crippen molar-refractivity contribution in [2.24, 2.45) is 5.73 Å². The molecule has 0 aliphatic heterocycles. The van der Waals surface area contributed by atoms with E-state index in [2.05, 4.69) is 33.6 Å². The maximum atomic E-state index is 6.36. The summed E-state index contributed by atoms with van der Waals surface area (Å²) in [6, 6.07) is 10.1. The molecule has 0 aliphatic rings. The number of nitrogens with two attached hydrogens (primary N) is 1. The number of hydrogen-bond acceptors (Lipinski definition) is 3. The summed E-state index contributed by atoms with van der Waals surface area (Å²) in [6.45, 7) is 3.01. The molecule has 2 N–H and O–H groups in total. The molecule has 3 rings (SSSR count). The highest BCUT2D eigenvalue weighted by molar-refractivity contribution is 5.84. The van der Waals surface area contributed by atoms with Crippen molar-refractivity contribution in [1.29, 1.82) is 0 Å². The third-order valence-electron chi connectivity index (χ3n) is 3.60. The number of benzene rings is 1. The van der Waals surface area contributed by atoms with Crippen LogP contribution in [0.4, 0.5) is 0 Å². The normalized spacial score (nSPS) is 12.7. The summed E-state index contributed by atoms with van der Waals surface area (Å²) in [4.78, 5) is 8.87. The Hall–Kier alpha value is -2.20. The van der Waals surface area contributed by atoms with Crippen LogP contribution in [-0.2, 0) is 13.0 Å². The maximum absolute atomic E-state index is 6.36. The Morgan fingerprint density at radius 2 is 2.00 bits per heavy atom. The number of hydrogen-bond donors (Lipinski definition) is 1. The van der Waals surface area contributed by atoms with Crippen molar-refractivity contribution in [2.45, 2.75) is 25.9 Å². The highest BCUT2D eigenvalue weighted by Crippen LogP contribution is 2.22. The van der Waals surface area contributed by atoms with E-state index in [9.17, 15) is 0 Å². The second-order valence-electron chi connectivity index (χ2n) is 4.86. The molecule has 1 unspecified atom stereocenters. The van der Waals surface area contributed by atoms with E-state index in [0.717, 1.165) is 23.4 Å². The molecular formula is C16H18N4. The van der Waals surface area contributed by atoms with Gasteiger partial charge in [0.25, 0.3) is 0 Å². The van der Waals surface area contributed by atoms with Crippen LogP contribution in [-0.4, -0.2) is 14.5 Å². The van der Waals surface area contributed by atoms with E-state index in [1.165, 1.54) is 5.39 Å². The van der Waals surface area contributed by atoms with Gasteiger partial charge in [-0.3, -0.25) is 4.98 Å². The molecule has 20 heavy (non-hydrogen) atoms. The molecule has 0 spiro atoms. The number of aryl methyl sites for hydroxylation is 1. The van der Waals surface area contributed by atoms with Crippen LogP contribution in [0.15, 0.2) is 48.9 Å². The van der Waals surface area contributed by atoms with Gasteiger partial charge < -0.3 is 10.3 Å². The lowest BCUT2D eigenvalue weighted by Crippen LogP contribution is -2.18. The average molecular weight is 266 g/mol. The minimum Gasteiger partial charge on any atom is -0.335 e. The Labute approximate surface area is 118 Å². The molecule has 1 aromatic carbocycles. The zero-order valence-corrected chi connectivity index (χ0v) is 11.5. The van der Waals surface area contributed by atoms with E-state index in [-0.39, 0.29) is 6.04 Å². The Bertz CT molecular complexity index is 712. The highest BCUT2D eigenvalue weighted by Gasteiger charge is 2.14. The molecule has 0 aliphatic carbocycles. The number of pyridine rings is 1. The van der Waals surface area contributed by atoms with Gasteiger partial charge in [0.1, 0.15) is 5.82 Å². The van der Waals surface area contributed by atoms with Crippen LogP contribution in [0.5, 0.6) is 0 Å². The molecule has 0 fully saturated rings. The van der Waals surface area contributed by atoms with E-state index in [4.69, 9.17) is 5.73 Å². The van der Waals surface area contributed by atoms with Crippen molar-refractivity contribution in [3.05, 3.63) is 60.4 Å². The molecule has 1 atom stereocenters. The first-order chi connectivity index (χ1) is 9.79. The molecule has 0 amide bonds. The summed E-state index contributed by atoms with van der Waals surface area (Å²) >= 11 is 0. The lowest BCUT2D eigenvalue weighted by molar-refractivity contribution is 0.621. The fraction of sp³-hybridized carbons (Fsp3) is 0.250. The molecule has 2 heterocycles. The van der Waals surface area contributed by atoms with Gasteiger partial charge in [-0.25, -0.2) is 4.98 Å². The van der Waals surface area contributed by atoms with Gasteiger partial charge in [0.2, 0.25) is 0 Å². The standard InChI is InChI=1S/C16H18N4/c1-2-20-10-9-18-15(20)11-14(17)16-13-6-4-3-5-12(13)7-8-19-16/h3-10,14H,2,11,17H2,1H3. The number of fused-ring (bicyclic) bond motifs is 1. The second kappa shape index (κ2) is 5.43. The summed E-state index contributed by atoms with van der Waals surface area (Å²) < 4.78 is 2.12. The first-order valence-corrected chi connectivity index (χ1v) is 6.89. The van der Waals surface area contributed by atoms with Crippen molar-refractivity contribution in [2.75, 3.05) is 0 Å². The van der Waals surface area contributed by atoms with Gasteiger partial charge in [-0.1, -0.05) is 24.3 Å². The van der Waals surface area contributed by atoms with Crippen LogP contribution in [0, 0.1) is 0 Å². The molecule has 0 saturated heterocycles. The van der Waals surface area contributed by atoms with Gasteiger partial charge in [0, 0.05) is 36.9 Å². The van der Waals surface area contributed by atoms with Gasteiger partial charge in [-0.15, -0.1) is 0 Å². The van der Waals surface area contributed by atoms with Gasteiger partial charge in [-0.05, 0) is 18.4 Å². The van der Waals surface area contributed by atoms with E-state index < -0.39 is 0 Å². The van der Waals surface area contributed by atoms with Gasteiger partial charge in [0.15, 0.2) is 0 Å². The molecule has 2 aromatic heterocycles. The Kier molecular flexibility index (Phi) is 3.48. The Balaban J connectivity index is 1.95. The largest absolute Gasteiger partial charge is 0.335 e. The molecular weight excluding hydrogens is 248 g/mol. The molecule has 0 saturated carbocycles. The molecule has 102 valence electrons. The SMILES string of the molecule is CCn1ccnc1CC(N)c1nccc2ccccc12. The third-order valence-corrected chi connectivity index (χ3v) is 3.60. The lowest BCUT2D eigenvalue weighted by Gasteiger charge is -2.14. The third kappa shape index (κ3) is 2.30. The van der Waals surface area contributed by atoms with Crippen molar-refractivity contribution in [1.82, 2.24) is 14.5 Å². The molecule has 3 aromatic rings. The average Bonchev–Trinajstić information content (AvgIpc) is 2.93. The first kappa shape index (κ1) is 12.8. The van der Waals surface area contributed by atoms with Gasteiger partial charge in [0.05, 0.1) is 11.7 Å². The highest BCUT2D eigenvalue weighted by atomic mass is 15.1. The Morgan fingerprint density at radius 3 is 2.85 bits per heavy atom. The summed E-state index contributed by atoms with van der Waals surface area (Å²) in [5.74, 6) is 1.01. The summed E-state index contributed by atoms with van der Waals surface area (Å²) in [5.41, 5.74) is 7.30. The van der Waals surface area contributed by atoms with Crippen molar-refractivity contribution in [3.63, 3.8) is 0 Å². The van der Waals surface area contributed by atoms with E-state index >= 15 is 0 Å². The number of imidazole rings is 1. The second-order valence-corrected chi connectivity index (χ2v) is 4.86. The fourth-order valence-electron chi connectivity index (χ4n) is 2.55. The zero-order chi connectivity index (χ0) is 13.9. The minimum absolute atomic E-state index is 0.145. The van der Waals surface area contributed by atoms with E-state index in [1.807, 2.05) is 36.8 Å². The van der Waals surface area contributed by atoms with Crippen LogP contribution in [0.3, 0.4) is 0 Å². The minimum atomic E-state index is -0.145. The van der Waals surface area contributed by atoms with Crippen LogP contribution < -0.4 is 5.73 Å². The quantitative estimate of drug-likeness (QED) is 0.790. The zero-order valence-electron chi connectivity index (χ0n) is 11.5. The van der Waals surface area contributed by atoms with E-state index in [1.54, 1.807) is 0 Å². The summed E-state index contributed by atoms with van der Waals surface area (Å²) in [7, 11) is 0. The van der Waals surface area contributed by atoms with Crippen molar-refractivity contribution < 1.29 is 0 Å². The van der Waals surface area contributed by atoms with E-state index in [0.29, 0.717) is 6.42 Å². The number of nitrogens with zero attached hydrogens (tertiary/aromatic N) is 3. The smallest absolute Gasteiger partial charge is 0.110 e. The first-order valence-electron chi connectivity index (χ1n) is 6.89. The van der Waals surface area contributed by atoms with Crippen LogP contribution in [0.1, 0.15) is 24.5 Å². The van der Waals surface area contributed by atoms with Crippen molar-refractivity contribution >= 4 is 10.8 Å². The van der Waals surface area contributed by atoms with Gasteiger partial charge in [-0.2, -0.15) is 0 Å². The predicted molar refractivity (Wildman–Crippen MR) is 80.3 cm³/mol. The monoisotopic (exact) mass is 266 g/mol. The fourth-order valence-corrected chi connectivity index (χ4v) is 2.55. The van der Waals surface area contributed by atoms with Crippen LogP contribution in [0.25, 0.3) is 10.8 Å². The topological polar surface area (TPSA) is 56.7 Å². The van der Waals surface area contributed by atoms with Gasteiger partial charge >= 0.3 is 0 Å². The molecule has 4 heteroatoms. The maximum Gasteiger partial charge on any atom is 0.110 e. The molecule has 4 nitrogen and oxygen atoms in total. The van der Waals surface area contributed by atoms with Crippen molar-refractivity contribution in [3.8, 4) is 0 Å². The summed E-state index contributed by atoms with van der Waals surface area (Å²) in [6.07, 6.45) is 6.33. The van der Waals surface area contributed by atoms with Crippen LogP contribution in [0.2, 0.25) is 0 Å². The van der Waals surface area contributed by atoms with Crippen LogP contribution >= 0.6 is 0 Å². The predicted octanol–water partition coefficient (Wildman–Crippen LogP) is 2.69. The number of rotatable bonds is 4.